The number of benzene rings is 1. The molecule has 2 aromatic heterocycles. The first kappa shape index (κ1) is 17.0. The van der Waals surface area contributed by atoms with E-state index in [0.717, 1.165) is 23.4 Å². The van der Waals surface area contributed by atoms with Crippen molar-refractivity contribution in [2.75, 3.05) is 5.32 Å². The average Bonchev–Trinajstić information content (AvgIpc) is 3.16. The van der Waals surface area contributed by atoms with Crippen LogP contribution in [-0.4, -0.2) is 20.7 Å². The van der Waals surface area contributed by atoms with E-state index in [9.17, 15) is 9.59 Å². The molecular weight excluding hydrogens is 336 g/mol. The number of anilines is 1. The van der Waals surface area contributed by atoms with Crippen LogP contribution in [0.15, 0.2) is 52.8 Å². The highest BCUT2D eigenvalue weighted by molar-refractivity contribution is 7.13. The van der Waals surface area contributed by atoms with Gasteiger partial charge in [0.25, 0.3) is 11.5 Å². The van der Waals surface area contributed by atoms with E-state index in [4.69, 9.17) is 0 Å². The minimum atomic E-state index is -0.341. The Morgan fingerprint density at radius 1 is 1.20 bits per heavy atom. The van der Waals surface area contributed by atoms with Crippen molar-refractivity contribution in [3.8, 4) is 10.6 Å². The molecule has 1 amide bonds. The van der Waals surface area contributed by atoms with Crippen LogP contribution in [0.5, 0.6) is 0 Å². The lowest BCUT2D eigenvalue weighted by Crippen LogP contribution is -2.26. The van der Waals surface area contributed by atoms with Gasteiger partial charge >= 0.3 is 0 Å². The number of aromatic nitrogens is 3. The number of unbranched alkanes of at least 4 members (excludes halogenated alkanes) is 1. The fourth-order valence-corrected chi connectivity index (χ4v) is 2.94. The van der Waals surface area contributed by atoms with E-state index in [1.807, 2.05) is 36.6 Å². The van der Waals surface area contributed by atoms with E-state index < -0.39 is 0 Å². The molecule has 0 saturated heterocycles. The van der Waals surface area contributed by atoms with Gasteiger partial charge < -0.3 is 5.32 Å². The molecule has 6 nitrogen and oxygen atoms in total. The number of hydrogen-bond donors (Lipinski definition) is 1. The molecule has 0 atom stereocenters. The van der Waals surface area contributed by atoms with Crippen LogP contribution in [0.3, 0.4) is 0 Å². The van der Waals surface area contributed by atoms with E-state index in [2.05, 4.69) is 15.4 Å². The number of rotatable bonds is 6. The molecule has 0 unspecified atom stereocenters. The van der Waals surface area contributed by atoms with Crippen LogP contribution in [-0.2, 0) is 6.54 Å². The molecule has 1 aromatic carbocycles. The quantitative estimate of drug-likeness (QED) is 0.736. The Labute approximate surface area is 149 Å². The first-order valence-electron chi connectivity index (χ1n) is 8.07. The van der Waals surface area contributed by atoms with Crippen LogP contribution in [0.1, 0.15) is 30.3 Å². The van der Waals surface area contributed by atoms with Crippen LogP contribution >= 0.6 is 11.3 Å². The summed E-state index contributed by atoms with van der Waals surface area (Å²) in [7, 11) is 0. The Hall–Kier alpha value is -2.80. The smallest absolute Gasteiger partial charge is 0.276 e. The van der Waals surface area contributed by atoms with Crippen molar-refractivity contribution in [1.82, 2.24) is 14.8 Å². The van der Waals surface area contributed by atoms with Gasteiger partial charge in [-0.1, -0.05) is 13.3 Å². The predicted molar refractivity (Wildman–Crippen MR) is 98.9 cm³/mol. The van der Waals surface area contributed by atoms with E-state index >= 15 is 0 Å². The highest BCUT2D eigenvalue weighted by Crippen LogP contribution is 2.23. The lowest BCUT2D eigenvalue weighted by Gasteiger charge is -2.08. The summed E-state index contributed by atoms with van der Waals surface area (Å²) in [6.07, 6.45) is 3.56. The largest absolute Gasteiger partial charge is 0.321 e. The number of thiazole rings is 1. The van der Waals surface area contributed by atoms with Crippen LogP contribution in [0, 0.1) is 0 Å². The zero-order chi connectivity index (χ0) is 17.6. The van der Waals surface area contributed by atoms with Gasteiger partial charge in [0.05, 0.1) is 0 Å². The van der Waals surface area contributed by atoms with Crippen molar-refractivity contribution in [1.29, 1.82) is 0 Å². The second-order valence-corrected chi connectivity index (χ2v) is 6.40. The molecule has 0 aliphatic heterocycles. The zero-order valence-corrected chi connectivity index (χ0v) is 14.6. The molecule has 25 heavy (non-hydrogen) atoms. The lowest BCUT2D eigenvalue weighted by atomic mass is 10.2. The summed E-state index contributed by atoms with van der Waals surface area (Å²) in [5.41, 5.74) is 1.69. The third-order valence-electron chi connectivity index (χ3n) is 3.64. The van der Waals surface area contributed by atoms with Gasteiger partial charge in [-0.25, -0.2) is 9.67 Å². The topological polar surface area (TPSA) is 76.9 Å². The van der Waals surface area contributed by atoms with Crippen LogP contribution in [0.2, 0.25) is 0 Å². The molecule has 3 aromatic rings. The molecule has 0 bridgehead atoms. The Kier molecular flexibility index (Phi) is 5.35. The molecule has 2 heterocycles. The second-order valence-electron chi connectivity index (χ2n) is 5.50. The molecule has 1 N–H and O–H groups in total. The lowest BCUT2D eigenvalue weighted by molar-refractivity contribution is 0.101. The van der Waals surface area contributed by atoms with E-state index in [1.54, 1.807) is 17.5 Å². The fourth-order valence-electron chi connectivity index (χ4n) is 2.30. The van der Waals surface area contributed by atoms with Gasteiger partial charge in [-0.3, -0.25) is 9.59 Å². The summed E-state index contributed by atoms with van der Waals surface area (Å²) in [4.78, 5) is 28.4. The van der Waals surface area contributed by atoms with Crippen molar-refractivity contribution >= 4 is 22.9 Å². The predicted octanol–water partition coefficient (Wildman–Crippen LogP) is 3.42. The molecule has 7 heteroatoms. The van der Waals surface area contributed by atoms with E-state index in [0.29, 0.717) is 12.2 Å². The normalized spacial score (nSPS) is 10.6. The van der Waals surface area contributed by atoms with Gasteiger partial charge in [-0.2, -0.15) is 5.10 Å². The van der Waals surface area contributed by atoms with Crippen molar-refractivity contribution in [3.63, 3.8) is 0 Å². The average molecular weight is 354 g/mol. The van der Waals surface area contributed by atoms with Crippen LogP contribution in [0.25, 0.3) is 10.6 Å². The Morgan fingerprint density at radius 2 is 2.00 bits per heavy atom. The molecule has 0 fully saturated rings. The molecule has 3 rings (SSSR count). The standard InChI is InChI=1S/C18H18N4O2S/c1-2-3-11-22-16(23)9-8-15(21-22)17(24)20-14-6-4-13(5-7-14)18-19-10-12-25-18/h4-10,12H,2-3,11H2,1H3,(H,20,24). The first-order chi connectivity index (χ1) is 12.2. The van der Waals surface area contributed by atoms with Gasteiger partial charge in [0.1, 0.15) is 10.7 Å². The monoisotopic (exact) mass is 354 g/mol. The summed E-state index contributed by atoms with van der Waals surface area (Å²) in [6, 6.07) is 10.3. The van der Waals surface area contributed by atoms with Crippen LogP contribution in [0.4, 0.5) is 5.69 Å². The third kappa shape index (κ3) is 4.19. The Bertz CT molecular complexity index is 902. The Balaban J connectivity index is 1.72. The van der Waals surface area contributed by atoms with Gasteiger partial charge in [0, 0.05) is 35.4 Å². The zero-order valence-electron chi connectivity index (χ0n) is 13.8. The maximum atomic E-state index is 12.4. The van der Waals surface area contributed by atoms with Crippen molar-refractivity contribution in [3.05, 3.63) is 64.0 Å². The van der Waals surface area contributed by atoms with E-state index in [-0.39, 0.29) is 17.2 Å². The maximum Gasteiger partial charge on any atom is 0.276 e. The third-order valence-corrected chi connectivity index (χ3v) is 4.47. The van der Waals surface area contributed by atoms with Crippen molar-refractivity contribution < 1.29 is 4.79 Å². The molecule has 0 spiro atoms. The minimum absolute atomic E-state index is 0.196. The number of aryl methyl sites for hydroxylation is 1. The molecule has 128 valence electrons. The highest BCUT2D eigenvalue weighted by atomic mass is 32.1. The number of hydrogen-bond acceptors (Lipinski definition) is 5. The van der Waals surface area contributed by atoms with Gasteiger partial charge in [0.15, 0.2) is 0 Å². The summed E-state index contributed by atoms with van der Waals surface area (Å²) < 4.78 is 1.34. The highest BCUT2D eigenvalue weighted by Gasteiger charge is 2.10. The second kappa shape index (κ2) is 7.85. The minimum Gasteiger partial charge on any atom is -0.321 e. The Morgan fingerprint density at radius 3 is 2.68 bits per heavy atom. The molecule has 0 saturated carbocycles. The molecular formula is C18H18N4O2S. The molecule has 0 aliphatic carbocycles. The number of amides is 1. The summed E-state index contributed by atoms with van der Waals surface area (Å²) in [5, 5.41) is 9.80. The maximum absolute atomic E-state index is 12.4. The summed E-state index contributed by atoms with van der Waals surface area (Å²) in [5.74, 6) is -0.341. The summed E-state index contributed by atoms with van der Waals surface area (Å²) in [6.45, 7) is 2.55. The number of carbonyl (C=O) groups is 1. The molecule has 0 aliphatic rings. The van der Waals surface area contributed by atoms with Crippen molar-refractivity contribution in [2.24, 2.45) is 0 Å². The number of nitrogens with zero attached hydrogens (tertiary/aromatic N) is 3. The number of carbonyl (C=O) groups excluding carboxylic acids is 1. The van der Waals surface area contributed by atoms with Crippen LogP contribution < -0.4 is 10.9 Å². The SMILES string of the molecule is CCCCn1nc(C(=O)Nc2ccc(-c3nccs3)cc2)ccc1=O. The number of nitrogens with one attached hydrogen (secondary N) is 1. The van der Waals surface area contributed by atoms with Gasteiger partial charge in [-0.15, -0.1) is 11.3 Å². The van der Waals surface area contributed by atoms with Gasteiger partial charge in [0.2, 0.25) is 0 Å². The van der Waals surface area contributed by atoms with E-state index in [1.165, 1.54) is 16.8 Å². The summed E-state index contributed by atoms with van der Waals surface area (Å²) >= 11 is 1.56. The van der Waals surface area contributed by atoms with Crippen molar-refractivity contribution in [2.45, 2.75) is 26.3 Å². The fraction of sp³-hybridized carbons (Fsp3) is 0.222. The molecule has 0 radical (unpaired) electrons. The van der Waals surface area contributed by atoms with Gasteiger partial charge in [-0.05, 0) is 36.8 Å². The first-order valence-corrected chi connectivity index (χ1v) is 8.95.